The van der Waals surface area contributed by atoms with Crippen LogP contribution in [0.1, 0.15) is 11.5 Å². The molecule has 1 N–H and O–H groups in total. The van der Waals surface area contributed by atoms with E-state index >= 15 is 0 Å². The van der Waals surface area contributed by atoms with Crippen LogP contribution in [0.15, 0.2) is 46.3 Å². The van der Waals surface area contributed by atoms with Crippen molar-refractivity contribution >= 4 is 11.8 Å². The van der Waals surface area contributed by atoms with Gasteiger partial charge in [-0.15, -0.1) is 5.10 Å². The van der Waals surface area contributed by atoms with Gasteiger partial charge in [0.15, 0.2) is 11.0 Å². The van der Waals surface area contributed by atoms with Crippen molar-refractivity contribution in [3.05, 3.63) is 58.3 Å². The minimum atomic E-state index is -0.160. The van der Waals surface area contributed by atoms with Crippen LogP contribution in [0.4, 0.5) is 0 Å². The quantitative estimate of drug-likeness (QED) is 0.578. The lowest BCUT2D eigenvalue weighted by Gasteiger charge is -2.04. The maximum Gasteiger partial charge on any atom is 0.251 e. The number of H-pyrrole nitrogens is 1. The first kappa shape index (κ1) is 13.5. The number of aryl methyl sites for hydroxylation is 1. The second-order valence-corrected chi connectivity index (χ2v) is 5.29. The van der Waals surface area contributed by atoms with Crippen molar-refractivity contribution in [1.29, 1.82) is 0 Å². The van der Waals surface area contributed by atoms with Crippen LogP contribution < -0.4 is 5.56 Å². The van der Waals surface area contributed by atoms with Gasteiger partial charge in [-0.25, -0.2) is 4.98 Å². The molecule has 8 heteroatoms. The van der Waals surface area contributed by atoms with Crippen LogP contribution in [-0.4, -0.2) is 30.2 Å². The van der Waals surface area contributed by atoms with Crippen LogP contribution in [0.5, 0.6) is 0 Å². The smallest absolute Gasteiger partial charge is 0.251 e. The van der Waals surface area contributed by atoms with Gasteiger partial charge in [0.2, 0.25) is 0 Å². The minimum Gasteiger partial charge on any atom is -0.301 e. The molecule has 0 bridgehead atoms. The van der Waals surface area contributed by atoms with E-state index in [2.05, 4.69) is 25.5 Å². The zero-order valence-corrected chi connectivity index (χ0v) is 12.0. The molecule has 0 saturated carbocycles. The van der Waals surface area contributed by atoms with E-state index in [4.69, 9.17) is 0 Å². The molecule has 0 fully saturated rings. The Morgan fingerprint density at radius 2 is 2.10 bits per heavy atom. The van der Waals surface area contributed by atoms with E-state index in [1.807, 2.05) is 30.3 Å². The highest BCUT2D eigenvalue weighted by Gasteiger charge is 2.09. The Bertz CT molecular complexity index is 798. The topological polar surface area (TPSA) is 89.4 Å². The van der Waals surface area contributed by atoms with E-state index in [-0.39, 0.29) is 5.56 Å². The van der Waals surface area contributed by atoms with Crippen LogP contribution in [0, 0.1) is 6.92 Å². The number of thioether (sulfide) groups is 1. The number of aromatic amines is 1. The lowest BCUT2D eigenvalue weighted by Crippen LogP contribution is -2.08. The summed E-state index contributed by atoms with van der Waals surface area (Å²) in [6, 6.07) is 11.1. The normalized spacial score (nSPS) is 10.7. The number of para-hydroxylation sites is 1. The molecule has 0 spiro atoms. The fourth-order valence-electron chi connectivity index (χ4n) is 1.82. The highest BCUT2D eigenvalue weighted by molar-refractivity contribution is 7.98. The van der Waals surface area contributed by atoms with Gasteiger partial charge < -0.3 is 4.98 Å². The predicted octanol–water partition coefficient (Wildman–Crippen LogP) is 1.35. The molecule has 3 rings (SSSR count). The summed E-state index contributed by atoms with van der Waals surface area (Å²) in [6.45, 7) is 1.79. The molecular weight excluding hydrogens is 288 g/mol. The van der Waals surface area contributed by atoms with Crippen LogP contribution >= 0.6 is 11.8 Å². The molecule has 0 atom stereocenters. The third-order valence-corrected chi connectivity index (χ3v) is 3.59. The third kappa shape index (κ3) is 3.16. The molecular formula is C13H12N6OS. The van der Waals surface area contributed by atoms with Crippen molar-refractivity contribution in [1.82, 2.24) is 30.2 Å². The Hall–Kier alpha value is -2.48. The molecule has 0 saturated heterocycles. The standard InChI is InChI=1S/C13H12N6OS/c1-9-7-12(20)15-13(14-9)21-8-11-16-17-18-19(11)10-5-3-2-4-6-10/h2-7H,8H2,1H3,(H,14,15,20). The molecule has 0 aliphatic heterocycles. The SMILES string of the molecule is Cc1cc(=O)[nH]c(SCc2nnnn2-c2ccccc2)n1. The van der Waals surface area contributed by atoms with E-state index in [1.54, 1.807) is 11.6 Å². The molecule has 0 radical (unpaired) electrons. The number of aromatic nitrogens is 6. The number of nitrogens with zero attached hydrogens (tertiary/aromatic N) is 5. The lowest BCUT2D eigenvalue weighted by molar-refractivity contribution is 0.777. The molecule has 2 heterocycles. The third-order valence-electron chi connectivity index (χ3n) is 2.72. The molecule has 0 aliphatic carbocycles. The molecule has 0 aliphatic rings. The summed E-state index contributed by atoms with van der Waals surface area (Å²) in [5.74, 6) is 1.20. The van der Waals surface area contributed by atoms with Crippen molar-refractivity contribution in [3.63, 3.8) is 0 Å². The molecule has 7 nitrogen and oxygen atoms in total. The lowest BCUT2D eigenvalue weighted by atomic mass is 10.3. The number of tetrazole rings is 1. The van der Waals surface area contributed by atoms with Crippen LogP contribution in [-0.2, 0) is 5.75 Å². The zero-order valence-electron chi connectivity index (χ0n) is 11.2. The second-order valence-electron chi connectivity index (χ2n) is 4.32. The average Bonchev–Trinajstić information content (AvgIpc) is 2.93. The van der Waals surface area contributed by atoms with E-state index in [1.165, 1.54) is 17.8 Å². The van der Waals surface area contributed by atoms with Crippen molar-refractivity contribution in [2.75, 3.05) is 0 Å². The molecule has 3 aromatic rings. The number of rotatable bonds is 4. The molecule has 1 aromatic carbocycles. The van der Waals surface area contributed by atoms with Gasteiger partial charge in [0.25, 0.3) is 5.56 Å². The van der Waals surface area contributed by atoms with Crippen molar-refractivity contribution in [2.45, 2.75) is 17.8 Å². The van der Waals surface area contributed by atoms with Crippen LogP contribution in [0.2, 0.25) is 0 Å². The first-order valence-electron chi connectivity index (χ1n) is 6.26. The minimum absolute atomic E-state index is 0.160. The summed E-state index contributed by atoms with van der Waals surface area (Å²) in [5.41, 5.74) is 1.42. The summed E-state index contributed by atoms with van der Waals surface area (Å²) in [4.78, 5) is 18.4. The number of benzene rings is 1. The zero-order chi connectivity index (χ0) is 14.7. The van der Waals surface area contributed by atoms with Crippen molar-refractivity contribution < 1.29 is 0 Å². The maximum absolute atomic E-state index is 11.4. The largest absolute Gasteiger partial charge is 0.301 e. The summed E-state index contributed by atoms with van der Waals surface area (Å²) in [7, 11) is 0. The van der Waals surface area contributed by atoms with Crippen molar-refractivity contribution in [3.8, 4) is 5.69 Å². The van der Waals surface area contributed by atoms with Gasteiger partial charge in [-0.2, -0.15) is 4.68 Å². The Kier molecular flexibility index (Phi) is 3.78. The van der Waals surface area contributed by atoms with Gasteiger partial charge in [-0.05, 0) is 29.5 Å². The van der Waals surface area contributed by atoms with E-state index in [0.29, 0.717) is 22.4 Å². The Morgan fingerprint density at radius 1 is 1.29 bits per heavy atom. The van der Waals surface area contributed by atoms with Gasteiger partial charge >= 0.3 is 0 Å². The summed E-state index contributed by atoms with van der Waals surface area (Å²) >= 11 is 1.39. The van der Waals surface area contributed by atoms with E-state index in [9.17, 15) is 4.79 Å². The van der Waals surface area contributed by atoms with Crippen LogP contribution in [0.3, 0.4) is 0 Å². The van der Waals surface area contributed by atoms with Gasteiger partial charge in [-0.1, -0.05) is 30.0 Å². The predicted molar refractivity (Wildman–Crippen MR) is 78.3 cm³/mol. The van der Waals surface area contributed by atoms with Crippen LogP contribution in [0.25, 0.3) is 5.69 Å². The van der Waals surface area contributed by atoms with Gasteiger partial charge in [0.05, 0.1) is 11.4 Å². The Balaban J connectivity index is 1.80. The molecule has 106 valence electrons. The van der Waals surface area contributed by atoms with Gasteiger partial charge in [-0.3, -0.25) is 4.79 Å². The first-order chi connectivity index (χ1) is 10.2. The molecule has 0 unspecified atom stereocenters. The van der Waals surface area contributed by atoms with Gasteiger partial charge in [0, 0.05) is 11.8 Å². The highest BCUT2D eigenvalue weighted by atomic mass is 32.2. The summed E-state index contributed by atoms with van der Waals surface area (Å²) < 4.78 is 1.67. The first-order valence-corrected chi connectivity index (χ1v) is 7.24. The van der Waals surface area contributed by atoms with E-state index in [0.717, 1.165) is 5.69 Å². The monoisotopic (exact) mass is 300 g/mol. The fourth-order valence-corrected chi connectivity index (χ4v) is 2.65. The van der Waals surface area contributed by atoms with Crippen molar-refractivity contribution in [2.24, 2.45) is 0 Å². The fraction of sp³-hybridized carbons (Fsp3) is 0.154. The Morgan fingerprint density at radius 3 is 2.86 bits per heavy atom. The summed E-state index contributed by atoms with van der Waals surface area (Å²) in [5, 5.41) is 12.3. The second kappa shape index (κ2) is 5.88. The number of hydrogen-bond acceptors (Lipinski definition) is 6. The number of hydrogen-bond donors (Lipinski definition) is 1. The maximum atomic E-state index is 11.4. The molecule has 21 heavy (non-hydrogen) atoms. The average molecular weight is 300 g/mol. The Labute approximate surface area is 124 Å². The molecule has 0 amide bonds. The van der Waals surface area contributed by atoms with Gasteiger partial charge in [0.1, 0.15) is 0 Å². The highest BCUT2D eigenvalue weighted by Crippen LogP contribution is 2.18. The molecule has 2 aromatic heterocycles. The summed E-state index contributed by atoms with van der Waals surface area (Å²) in [6.07, 6.45) is 0. The van der Waals surface area contributed by atoms with E-state index < -0.39 is 0 Å². The number of nitrogens with one attached hydrogen (secondary N) is 1.